The van der Waals surface area contributed by atoms with Crippen molar-refractivity contribution in [1.82, 2.24) is 77.6 Å². The predicted octanol–water partition coefficient (Wildman–Crippen LogP) is 9.50. The van der Waals surface area contributed by atoms with Crippen LogP contribution in [-0.2, 0) is 145 Å². The van der Waals surface area contributed by atoms with Crippen LogP contribution in [-0.4, -0.2) is 199 Å². The number of rotatable bonds is 20. The average Bonchev–Trinajstić information content (AvgIpc) is 1.64. The van der Waals surface area contributed by atoms with Crippen LogP contribution in [0.4, 0.5) is 46.3 Å². The highest BCUT2D eigenvalue weighted by molar-refractivity contribution is 7.90. The zero-order chi connectivity index (χ0) is 91.8. The minimum absolute atomic E-state index is 0.0105. The van der Waals surface area contributed by atoms with Gasteiger partial charge in [-0.15, -0.1) is 0 Å². The predicted molar refractivity (Wildman–Crippen MR) is 472 cm³/mol. The molecule has 16 rings (SSSR count). The Morgan fingerprint density at radius 1 is 0.394 bits per heavy atom. The maximum Gasteiger partial charge on any atom is 0.333 e. The third kappa shape index (κ3) is 20.2. The van der Waals surface area contributed by atoms with E-state index in [0.29, 0.717) is 25.3 Å². The van der Waals surface area contributed by atoms with E-state index in [1.165, 1.54) is 109 Å². The van der Waals surface area contributed by atoms with Gasteiger partial charge in [-0.1, -0.05) is 64.1 Å². The number of alkyl halides is 1. The molecule has 0 spiro atoms. The number of hydrogen-bond donors (Lipinski definition) is 8. The number of fused-ring (bicyclic) bond motifs is 6. The normalized spacial score (nSPS) is 15.4. The molecule has 2 saturated heterocycles. The zero-order valence-corrected chi connectivity index (χ0v) is 76.9. The second-order valence-corrected chi connectivity index (χ2v) is 40.7. The standard InChI is InChI=1S/C22H29N5O4S.C22H31N5O4S.C21H24FN5O4S.C21H27N5O4S/c1-13(2)26(3)21(28)18-12-19(24-27(18)4)32(30,31)25-22(29)23-20-16-9-5-7-14(16)11-15-8-6-10-17(15)20;1-14(2)16-9-8-10-17(15(3)4)20(16)23-22(29)25-32(30,31)19-13-18(26(5)24-19)21(28)27-11-6-7-12-27;1-26-17(20(28)27-10-14(22)11-27)9-18(24-26)32(30,31)25-21(29)23-19-15-6-2-4-12(15)8-13-5-3-7-16(13)19;1-4-25(2)20(27)17-12-18(23-26(17)3)31(29,30)24-21(28)22-19-15-9-5-7-13(15)11-14-8-6-10-16(14)19/h11-13H,5-10H2,1-4H3,(H2,23,25,29);8-10,13-15H,6-7,11-12H2,1-5H3,(H2,23,25,29);8-9,14H,2-7,10-11H2,1H3,(H2,23,25,29);11-12H,4-10H2,1-3H3,(H2,22,24,28). The summed E-state index contributed by atoms with van der Waals surface area (Å²) >= 11 is 0. The van der Waals surface area contributed by atoms with Crippen molar-refractivity contribution in [2.75, 3.05) is 68.1 Å². The van der Waals surface area contributed by atoms with E-state index in [9.17, 15) is 76.4 Å². The first-order valence-electron chi connectivity index (χ1n) is 42.9. The Morgan fingerprint density at radius 2 is 0.669 bits per heavy atom. The first kappa shape index (κ1) is 93.1. The van der Waals surface area contributed by atoms with Gasteiger partial charge in [0.1, 0.15) is 28.9 Å². The Bertz CT molecular complexity index is 6080. The fourth-order valence-electron chi connectivity index (χ4n) is 17.5. The number of urea groups is 4. The fraction of sp³-hybridized carbons (Fsp3) is 0.488. The minimum atomic E-state index is -4.31. The number of nitrogens with zero attached hydrogens (tertiary/aromatic N) is 12. The summed E-state index contributed by atoms with van der Waals surface area (Å²) in [6.45, 7) is 15.2. The van der Waals surface area contributed by atoms with Crippen LogP contribution in [0.25, 0.3) is 0 Å². The van der Waals surface area contributed by atoms with Crippen molar-refractivity contribution in [2.45, 2.75) is 221 Å². The van der Waals surface area contributed by atoms with E-state index >= 15 is 0 Å². The molecule has 4 aromatic heterocycles. The second kappa shape index (κ2) is 37.8. The number of likely N-dealkylation sites (tertiary alicyclic amines) is 2. The molecule has 0 unspecified atom stereocenters. The monoisotopic (exact) mass is 1830 g/mol. The van der Waals surface area contributed by atoms with E-state index in [4.69, 9.17) is 0 Å². The van der Waals surface area contributed by atoms with Gasteiger partial charge in [-0.2, -0.15) is 54.1 Å². The summed E-state index contributed by atoms with van der Waals surface area (Å²) in [6, 6.07) is 13.7. The van der Waals surface area contributed by atoms with Gasteiger partial charge in [0.15, 0.2) is 20.1 Å². The summed E-state index contributed by atoms with van der Waals surface area (Å²) < 4.78 is 128. The van der Waals surface area contributed by atoms with Gasteiger partial charge in [-0.05, 0) is 239 Å². The van der Waals surface area contributed by atoms with Gasteiger partial charge >= 0.3 is 24.1 Å². The first-order chi connectivity index (χ1) is 60.0. The zero-order valence-electron chi connectivity index (χ0n) is 73.7. The number of amides is 12. The summed E-state index contributed by atoms with van der Waals surface area (Å²) in [5.74, 6) is -1.20. The van der Waals surface area contributed by atoms with Crippen molar-refractivity contribution in [1.29, 1.82) is 0 Å². The molecule has 0 radical (unpaired) electrons. The fourth-order valence-corrected chi connectivity index (χ4v) is 21.1. The molecule has 6 heterocycles. The Kier molecular flexibility index (Phi) is 27.7. The number of anilines is 4. The quantitative estimate of drug-likeness (QED) is 0.0352. The Hall–Kier alpha value is -11.6. The summed E-state index contributed by atoms with van der Waals surface area (Å²) in [5, 5.41) is 25.3. The lowest BCUT2D eigenvalue weighted by Gasteiger charge is -2.34. The largest absolute Gasteiger partial charge is 0.341 e. The number of aryl methyl sites for hydroxylation is 10. The number of aromatic nitrogens is 8. The SMILES string of the molecule is CC(C)N(C)C(=O)c1cc(S(=O)(=O)NC(=O)Nc2c3c(cc4c2CCC4)CCC3)nn1C.CC(C)c1cccc(C(C)C)c1NC(=O)NS(=O)(=O)c1cc(C(=O)N2CCCC2)n(C)n1.CCN(C)C(=O)c1cc(S(=O)(=O)NC(=O)Nc2c3c(cc4c2CCC4)CCC3)nn1C.Cn1nc(S(=O)(=O)NC(=O)Nc2c3c(cc4c2CCC4)CCC3)cc1C(=O)N1CC(F)C1. The summed E-state index contributed by atoms with van der Waals surface area (Å²) in [4.78, 5) is 107. The number of para-hydroxylation sites is 1. The van der Waals surface area contributed by atoms with E-state index in [-0.39, 0.29) is 86.5 Å². The molecule has 2 aliphatic heterocycles. The van der Waals surface area contributed by atoms with Crippen LogP contribution < -0.4 is 40.2 Å². The molecule has 6 aliphatic carbocycles. The van der Waals surface area contributed by atoms with Crippen molar-refractivity contribution in [3.8, 4) is 0 Å². The van der Waals surface area contributed by atoms with E-state index in [1.54, 1.807) is 19.0 Å². The second-order valence-electron chi connectivity index (χ2n) is 34.2. The van der Waals surface area contributed by atoms with Crippen LogP contribution >= 0.6 is 0 Å². The van der Waals surface area contributed by atoms with Gasteiger partial charge in [0.25, 0.3) is 63.7 Å². The van der Waals surface area contributed by atoms with Gasteiger partial charge in [0, 0.05) is 115 Å². The number of benzene rings is 4. The van der Waals surface area contributed by atoms with Crippen LogP contribution in [0.1, 0.15) is 232 Å². The highest BCUT2D eigenvalue weighted by Crippen LogP contribution is 2.43. The Balaban J connectivity index is 0.000000145. The average molecular weight is 1830 g/mol. The number of nitrogens with one attached hydrogen (secondary N) is 8. The molecule has 36 nitrogen and oxygen atoms in total. The Morgan fingerprint density at radius 3 is 0.953 bits per heavy atom. The molecule has 8 N–H and O–H groups in total. The summed E-state index contributed by atoms with van der Waals surface area (Å²) in [5.41, 5.74) is 19.2. The van der Waals surface area contributed by atoms with Crippen LogP contribution in [0, 0.1) is 0 Å². The van der Waals surface area contributed by atoms with E-state index in [0.717, 1.165) is 201 Å². The Labute approximate surface area is 738 Å². The number of hydrogen-bond acceptors (Lipinski definition) is 20. The summed E-state index contributed by atoms with van der Waals surface area (Å²) in [6.07, 6.45) is 18.0. The van der Waals surface area contributed by atoms with Crippen LogP contribution in [0.3, 0.4) is 0 Å². The van der Waals surface area contributed by atoms with Crippen LogP contribution in [0.15, 0.2) is 80.8 Å². The van der Waals surface area contributed by atoms with Crippen molar-refractivity contribution in [3.63, 3.8) is 0 Å². The highest BCUT2D eigenvalue weighted by atomic mass is 32.2. The van der Waals surface area contributed by atoms with Gasteiger partial charge < -0.3 is 40.9 Å². The molecule has 8 aromatic rings. The minimum Gasteiger partial charge on any atom is -0.341 e. The molecular weight excluding hydrogens is 1720 g/mol. The van der Waals surface area contributed by atoms with Gasteiger partial charge in [-0.25, -0.2) is 42.5 Å². The first-order valence-corrected chi connectivity index (χ1v) is 48.8. The molecule has 4 aromatic carbocycles. The maximum atomic E-state index is 13.1. The molecule has 127 heavy (non-hydrogen) atoms. The van der Waals surface area contributed by atoms with Gasteiger partial charge in [0.2, 0.25) is 0 Å². The van der Waals surface area contributed by atoms with Crippen molar-refractivity contribution >= 4 is 111 Å². The molecule has 12 amide bonds. The molecule has 682 valence electrons. The van der Waals surface area contributed by atoms with Gasteiger partial charge in [0.05, 0.1) is 13.1 Å². The van der Waals surface area contributed by atoms with E-state index in [2.05, 4.69) is 64.6 Å². The number of sulfonamides is 4. The smallest absolute Gasteiger partial charge is 0.333 e. The maximum absolute atomic E-state index is 13.1. The lowest BCUT2D eigenvalue weighted by molar-refractivity contribution is 0.0389. The summed E-state index contributed by atoms with van der Waals surface area (Å²) in [7, 11) is -7.89. The third-order valence-corrected chi connectivity index (χ3v) is 29.3. The lowest BCUT2D eigenvalue weighted by atomic mass is 9.93. The lowest BCUT2D eigenvalue weighted by Crippen LogP contribution is -2.51. The van der Waals surface area contributed by atoms with E-state index in [1.807, 2.05) is 80.8 Å². The number of carbonyl (C=O) groups is 8. The van der Waals surface area contributed by atoms with Crippen molar-refractivity contribution in [2.24, 2.45) is 28.2 Å². The number of carbonyl (C=O) groups excluding carboxylic acids is 8. The van der Waals surface area contributed by atoms with E-state index < -0.39 is 81.3 Å². The van der Waals surface area contributed by atoms with Gasteiger partial charge in [-0.3, -0.25) is 37.9 Å². The molecule has 8 aliphatic rings. The molecule has 0 saturated carbocycles. The molecule has 2 fully saturated rings. The third-order valence-electron chi connectivity index (χ3n) is 24.5. The van der Waals surface area contributed by atoms with Crippen LogP contribution in [0.2, 0.25) is 0 Å². The topological polar surface area (TPSA) is 454 Å². The van der Waals surface area contributed by atoms with Crippen molar-refractivity contribution < 1.29 is 76.4 Å². The molecule has 41 heteroatoms. The number of halogens is 1. The molecule has 0 bridgehead atoms. The highest BCUT2D eigenvalue weighted by Gasteiger charge is 2.38. The van der Waals surface area contributed by atoms with Crippen LogP contribution in [0.5, 0.6) is 0 Å². The molecule has 0 atom stereocenters. The molecular formula is C86H111FN20O16S4. The van der Waals surface area contributed by atoms with Crippen molar-refractivity contribution in [3.05, 3.63) is 161 Å².